The fourth-order valence-corrected chi connectivity index (χ4v) is 3.19. The third-order valence-electron chi connectivity index (χ3n) is 3.68. The zero-order chi connectivity index (χ0) is 17.9. The molecule has 2 aromatic carbocycles. The Morgan fingerprint density at radius 1 is 1.23 bits per heavy atom. The highest BCUT2D eigenvalue weighted by molar-refractivity contribution is 7.99. The topological polar surface area (TPSA) is 91.2 Å². The average molecular weight is 369 g/mol. The van der Waals surface area contributed by atoms with Crippen molar-refractivity contribution in [2.24, 2.45) is 0 Å². The molecule has 0 atom stereocenters. The number of tetrazole rings is 1. The second kappa shape index (κ2) is 7.04. The molecule has 3 aromatic rings. The summed E-state index contributed by atoms with van der Waals surface area (Å²) in [5.74, 6) is 1.40. The molecule has 0 spiro atoms. The number of aryl methyl sites for hydroxylation is 1. The van der Waals surface area contributed by atoms with Crippen LogP contribution in [0.5, 0.6) is 11.5 Å². The summed E-state index contributed by atoms with van der Waals surface area (Å²) < 4.78 is 12.2. The summed E-state index contributed by atoms with van der Waals surface area (Å²) in [5.41, 5.74) is 2.59. The molecule has 1 aliphatic heterocycles. The van der Waals surface area contributed by atoms with Crippen LogP contribution in [0.1, 0.15) is 5.56 Å². The van der Waals surface area contributed by atoms with Gasteiger partial charge in [-0.3, -0.25) is 4.79 Å². The van der Waals surface area contributed by atoms with Crippen molar-refractivity contribution >= 4 is 23.4 Å². The number of hydrogen-bond donors (Lipinski definition) is 1. The van der Waals surface area contributed by atoms with Crippen LogP contribution in [0.3, 0.4) is 0 Å². The number of amides is 1. The fourth-order valence-electron chi connectivity index (χ4n) is 2.50. The largest absolute Gasteiger partial charge is 0.454 e. The van der Waals surface area contributed by atoms with Crippen LogP contribution in [0.15, 0.2) is 47.6 Å². The lowest BCUT2D eigenvalue weighted by Gasteiger charge is -2.07. The zero-order valence-corrected chi connectivity index (χ0v) is 14.7. The van der Waals surface area contributed by atoms with Crippen molar-refractivity contribution < 1.29 is 14.3 Å². The predicted octanol–water partition coefficient (Wildman–Crippen LogP) is 2.43. The van der Waals surface area contributed by atoms with E-state index in [4.69, 9.17) is 9.47 Å². The van der Waals surface area contributed by atoms with Gasteiger partial charge in [-0.05, 0) is 47.2 Å². The number of fused-ring (bicyclic) bond motifs is 1. The highest BCUT2D eigenvalue weighted by atomic mass is 32.2. The summed E-state index contributed by atoms with van der Waals surface area (Å²) >= 11 is 1.26. The Balaban J connectivity index is 1.43. The first-order valence-electron chi connectivity index (χ1n) is 7.87. The first-order valence-corrected chi connectivity index (χ1v) is 8.85. The van der Waals surface area contributed by atoms with Crippen molar-refractivity contribution in [2.45, 2.75) is 12.1 Å². The Morgan fingerprint density at radius 3 is 3.00 bits per heavy atom. The van der Waals surface area contributed by atoms with E-state index in [1.807, 2.05) is 37.3 Å². The van der Waals surface area contributed by atoms with Crippen molar-refractivity contribution in [2.75, 3.05) is 17.9 Å². The van der Waals surface area contributed by atoms with Crippen LogP contribution in [0.4, 0.5) is 5.69 Å². The number of aromatic nitrogens is 4. The second-order valence-electron chi connectivity index (χ2n) is 5.62. The number of nitrogens with one attached hydrogen (secondary N) is 1. The van der Waals surface area contributed by atoms with Gasteiger partial charge in [0.2, 0.25) is 17.9 Å². The van der Waals surface area contributed by atoms with Gasteiger partial charge < -0.3 is 14.8 Å². The van der Waals surface area contributed by atoms with E-state index < -0.39 is 0 Å². The number of carbonyl (C=O) groups is 1. The fraction of sp³-hybridized carbons (Fsp3) is 0.176. The molecule has 1 N–H and O–H groups in total. The number of thioether (sulfide) groups is 1. The normalized spacial score (nSPS) is 12.2. The van der Waals surface area contributed by atoms with E-state index in [-0.39, 0.29) is 18.5 Å². The Hall–Kier alpha value is -3.07. The van der Waals surface area contributed by atoms with Gasteiger partial charge in [-0.25, -0.2) is 0 Å². The van der Waals surface area contributed by atoms with Gasteiger partial charge >= 0.3 is 0 Å². The van der Waals surface area contributed by atoms with E-state index in [1.54, 1.807) is 16.8 Å². The van der Waals surface area contributed by atoms with E-state index in [0.717, 1.165) is 16.9 Å². The molecule has 0 saturated heterocycles. The Kier molecular flexibility index (Phi) is 4.44. The van der Waals surface area contributed by atoms with Crippen LogP contribution in [-0.2, 0) is 4.79 Å². The van der Waals surface area contributed by atoms with E-state index in [9.17, 15) is 4.79 Å². The predicted molar refractivity (Wildman–Crippen MR) is 95.8 cm³/mol. The standard InChI is InChI=1S/C17H15N5O3S/c1-11-3-2-4-12(7-11)18-16(23)9-26-17-19-20-21-22(17)13-5-6-14-15(8-13)25-10-24-14/h2-8H,9-10H2,1H3,(H,18,23). The summed E-state index contributed by atoms with van der Waals surface area (Å²) in [6.07, 6.45) is 0. The molecule has 9 heteroatoms. The highest BCUT2D eigenvalue weighted by Gasteiger charge is 2.17. The second-order valence-corrected chi connectivity index (χ2v) is 6.56. The summed E-state index contributed by atoms with van der Waals surface area (Å²) in [4.78, 5) is 12.2. The van der Waals surface area contributed by atoms with Crippen LogP contribution in [-0.4, -0.2) is 38.7 Å². The van der Waals surface area contributed by atoms with Crippen LogP contribution in [0, 0.1) is 6.92 Å². The maximum absolute atomic E-state index is 12.2. The van der Waals surface area contributed by atoms with E-state index in [2.05, 4.69) is 20.8 Å². The quantitative estimate of drug-likeness (QED) is 0.691. The Bertz CT molecular complexity index is 959. The molecule has 1 aliphatic rings. The number of benzene rings is 2. The van der Waals surface area contributed by atoms with Gasteiger partial charge in [-0.15, -0.1) is 5.10 Å². The molecule has 1 aromatic heterocycles. The summed E-state index contributed by atoms with van der Waals surface area (Å²) in [7, 11) is 0. The first-order chi connectivity index (χ1) is 12.7. The molecule has 4 rings (SSSR count). The van der Waals surface area contributed by atoms with Crippen molar-refractivity contribution in [1.82, 2.24) is 20.2 Å². The van der Waals surface area contributed by atoms with E-state index >= 15 is 0 Å². The van der Waals surface area contributed by atoms with Crippen LogP contribution in [0.25, 0.3) is 5.69 Å². The first kappa shape index (κ1) is 16.4. The lowest BCUT2D eigenvalue weighted by atomic mass is 10.2. The molecule has 26 heavy (non-hydrogen) atoms. The molecule has 0 radical (unpaired) electrons. The minimum absolute atomic E-state index is 0.124. The minimum atomic E-state index is -0.124. The van der Waals surface area contributed by atoms with Gasteiger partial charge in [-0.2, -0.15) is 4.68 Å². The average Bonchev–Trinajstić information content (AvgIpc) is 3.28. The Labute approximate surface area is 153 Å². The minimum Gasteiger partial charge on any atom is -0.454 e. The lowest BCUT2D eigenvalue weighted by Crippen LogP contribution is -2.14. The van der Waals surface area contributed by atoms with Crippen LogP contribution >= 0.6 is 11.8 Å². The number of hydrogen-bond acceptors (Lipinski definition) is 7. The van der Waals surface area contributed by atoms with Crippen LogP contribution < -0.4 is 14.8 Å². The van der Waals surface area contributed by atoms with Gasteiger partial charge in [0.1, 0.15) is 0 Å². The van der Waals surface area contributed by atoms with Crippen LogP contribution in [0.2, 0.25) is 0 Å². The van der Waals surface area contributed by atoms with Crippen molar-refractivity contribution in [1.29, 1.82) is 0 Å². The summed E-state index contributed by atoms with van der Waals surface area (Å²) in [6, 6.07) is 13.1. The summed E-state index contributed by atoms with van der Waals surface area (Å²) in [6.45, 7) is 2.18. The third-order valence-corrected chi connectivity index (χ3v) is 4.60. The zero-order valence-electron chi connectivity index (χ0n) is 13.9. The maximum atomic E-state index is 12.2. The monoisotopic (exact) mass is 369 g/mol. The number of rotatable bonds is 5. The number of nitrogens with zero attached hydrogens (tertiary/aromatic N) is 4. The molecule has 1 amide bonds. The molecule has 0 bridgehead atoms. The van der Waals surface area contributed by atoms with Gasteiger partial charge in [-0.1, -0.05) is 23.9 Å². The molecular formula is C17H15N5O3S. The molecular weight excluding hydrogens is 354 g/mol. The molecule has 8 nitrogen and oxygen atoms in total. The van der Waals surface area contributed by atoms with E-state index in [1.165, 1.54) is 11.8 Å². The van der Waals surface area contributed by atoms with Gasteiger partial charge in [0.05, 0.1) is 11.4 Å². The SMILES string of the molecule is Cc1cccc(NC(=O)CSc2nnnn2-c2ccc3c(c2)OCO3)c1. The molecule has 2 heterocycles. The number of anilines is 1. The smallest absolute Gasteiger partial charge is 0.234 e. The van der Waals surface area contributed by atoms with Gasteiger partial charge in [0.25, 0.3) is 0 Å². The summed E-state index contributed by atoms with van der Waals surface area (Å²) in [5, 5.41) is 15.1. The number of ether oxygens (including phenoxy) is 2. The Morgan fingerprint density at radius 2 is 2.12 bits per heavy atom. The van der Waals surface area contributed by atoms with Gasteiger partial charge in [0.15, 0.2) is 11.5 Å². The molecule has 132 valence electrons. The molecule has 0 saturated carbocycles. The van der Waals surface area contributed by atoms with E-state index in [0.29, 0.717) is 16.7 Å². The molecule has 0 fully saturated rings. The van der Waals surface area contributed by atoms with Crippen molar-refractivity contribution in [3.8, 4) is 17.2 Å². The lowest BCUT2D eigenvalue weighted by molar-refractivity contribution is -0.113. The number of carbonyl (C=O) groups excluding carboxylic acids is 1. The molecule has 0 unspecified atom stereocenters. The van der Waals surface area contributed by atoms with Crippen molar-refractivity contribution in [3.05, 3.63) is 48.0 Å². The van der Waals surface area contributed by atoms with Crippen molar-refractivity contribution in [3.63, 3.8) is 0 Å². The third kappa shape index (κ3) is 3.47. The molecule has 0 aliphatic carbocycles. The highest BCUT2D eigenvalue weighted by Crippen LogP contribution is 2.34. The van der Waals surface area contributed by atoms with Gasteiger partial charge in [0, 0.05) is 11.8 Å². The maximum Gasteiger partial charge on any atom is 0.234 e.